The van der Waals surface area contributed by atoms with Gasteiger partial charge in [-0.3, -0.25) is 4.79 Å². The number of ether oxygens (including phenoxy) is 1. The van der Waals surface area contributed by atoms with E-state index in [1.807, 2.05) is 0 Å². The summed E-state index contributed by atoms with van der Waals surface area (Å²) in [6, 6.07) is 2.69. The number of carbonyl (C=O) groups is 1. The Morgan fingerprint density at radius 1 is 1.53 bits per heavy atom. The second-order valence-electron chi connectivity index (χ2n) is 4.95. The first-order chi connectivity index (χ1) is 9.08. The molecule has 1 aliphatic carbocycles. The molecule has 0 heterocycles. The molecule has 1 amide bonds. The minimum Gasteiger partial charge on any atom is -0.398 e. The van der Waals surface area contributed by atoms with E-state index in [2.05, 4.69) is 5.32 Å². The number of anilines is 1. The van der Waals surface area contributed by atoms with E-state index in [-0.39, 0.29) is 17.2 Å². The van der Waals surface area contributed by atoms with Gasteiger partial charge < -0.3 is 15.8 Å². The summed E-state index contributed by atoms with van der Waals surface area (Å²) < 4.78 is 18.9. The Labute approximate surface area is 112 Å². The van der Waals surface area contributed by atoms with Crippen molar-refractivity contribution < 1.29 is 13.9 Å². The lowest BCUT2D eigenvalue weighted by molar-refractivity contribution is 0.0906. The molecule has 1 aromatic rings. The molecule has 5 heteroatoms. The number of nitrogens with two attached hydrogens (primary N) is 1. The third-order valence-corrected chi connectivity index (χ3v) is 3.23. The Hall–Kier alpha value is -1.62. The average Bonchev–Trinajstić information content (AvgIpc) is 3.18. The van der Waals surface area contributed by atoms with Crippen LogP contribution >= 0.6 is 0 Å². The molecule has 0 saturated heterocycles. The van der Waals surface area contributed by atoms with E-state index in [1.54, 1.807) is 6.92 Å². The highest BCUT2D eigenvalue weighted by Gasteiger charge is 2.20. The first kappa shape index (κ1) is 13.8. The van der Waals surface area contributed by atoms with Crippen molar-refractivity contribution >= 4 is 11.6 Å². The third kappa shape index (κ3) is 3.92. The fraction of sp³-hybridized carbons (Fsp3) is 0.500. The van der Waals surface area contributed by atoms with Gasteiger partial charge >= 0.3 is 0 Å². The number of hydrogen-bond acceptors (Lipinski definition) is 3. The van der Waals surface area contributed by atoms with Crippen molar-refractivity contribution in [3.8, 4) is 0 Å². The molecule has 1 fully saturated rings. The highest BCUT2D eigenvalue weighted by Crippen LogP contribution is 2.28. The van der Waals surface area contributed by atoms with Crippen LogP contribution in [-0.4, -0.2) is 25.7 Å². The van der Waals surface area contributed by atoms with Crippen molar-refractivity contribution in [2.75, 3.05) is 25.5 Å². The van der Waals surface area contributed by atoms with Gasteiger partial charge in [0.1, 0.15) is 5.82 Å². The van der Waals surface area contributed by atoms with E-state index in [0.29, 0.717) is 24.6 Å². The van der Waals surface area contributed by atoms with Crippen LogP contribution in [0.1, 0.15) is 28.8 Å². The quantitative estimate of drug-likeness (QED) is 0.610. The zero-order valence-electron chi connectivity index (χ0n) is 11.0. The first-order valence-electron chi connectivity index (χ1n) is 6.49. The molecule has 1 aromatic carbocycles. The van der Waals surface area contributed by atoms with Crippen molar-refractivity contribution in [2.45, 2.75) is 19.8 Å². The van der Waals surface area contributed by atoms with Crippen molar-refractivity contribution in [1.82, 2.24) is 5.32 Å². The van der Waals surface area contributed by atoms with E-state index in [9.17, 15) is 9.18 Å². The molecule has 1 saturated carbocycles. The van der Waals surface area contributed by atoms with Crippen molar-refractivity contribution in [3.63, 3.8) is 0 Å². The third-order valence-electron chi connectivity index (χ3n) is 3.23. The molecule has 104 valence electrons. The molecule has 19 heavy (non-hydrogen) atoms. The van der Waals surface area contributed by atoms with Gasteiger partial charge in [0.05, 0.1) is 6.61 Å². The summed E-state index contributed by atoms with van der Waals surface area (Å²) in [7, 11) is 0. The predicted molar refractivity (Wildman–Crippen MR) is 71.4 cm³/mol. The largest absolute Gasteiger partial charge is 0.398 e. The summed E-state index contributed by atoms with van der Waals surface area (Å²) in [6.07, 6.45) is 2.49. The normalized spacial score (nSPS) is 14.4. The zero-order chi connectivity index (χ0) is 13.8. The summed E-state index contributed by atoms with van der Waals surface area (Å²) in [5, 5.41) is 2.68. The van der Waals surface area contributed by atoms with Gasteiger partial charge in [0, 0.05) is 30.0 Å². The number of hydrogen-bond donors (Lipinski definition) is 2. The Morgan fingerprint density at radius 3 is 2.89 bits per heavy atom. The van der Waals surface area contributed by atoms with E-state index >= 15 is 0 Å². The maximum atomic E-state index is 13.5. The molecule has 0 atom stereocenters. The zero-order valence-corrected chi connectivity index (χ0v) is 11.0. The lowest BCUT2D eigenvalue weighted by atomic mass is 10.1. The van der Waals surface area contributed by atoms with Gasteiger partial charge in [-0.15, -0.1) is 0 Å². The lowest BCUT2D eigenvalue weighted by Crippen LogP contribution is -2.27. The van der Waals surface area contributed by atoms with Crippen LogP contribution in [0, 0.1) is 18.7 Å². The minimum atomic E-state index is -0.463. The number of rotatable bonds is 6. The van der Waals surface area contributed by atoms with Crippen molar-refractivity contribution in [1.29, 1.82) is 0 Å². The van der Waals surface area contributed by atoms with Crippen LogP contribution in [0.4, 0.5) is 10.1 Å². The Balaban J connectivity index is 1.78. The number of amides is 1. The average molecular weight is 266 g/mol. The SMILES string of the molecule is Cc1c(N)cc(C(=O)NCCOCC2CC2)cc1F. The van der Waals surface area contributed by atoms with E-state index < -0.39 is 5.82 Å². The van der Waals surface area contributed by atoms with E-state index in [1.165, 1.54) is 25.0 Å². The fourth-order valence-corrected chi connectivity index (χ4v) is 1.70. The van der Waals surface area contributed by atoms with Gasteiger partial charge in [-0.2, -0.15) is 0 Å². The lowest BCUT2D eigenvalue weighted by Gasteiger charge is -2.08. The van der Waals surface area contributed by atoms with Crippen LogP contribution in [-0.2, 0) is 4.74 Å². The van der Waals surface area contributed by atoms with Gasteiger partial charge in [0.15, 0.2) is 0 Å². The first-order valence-corrected chi connectivity index (χ1v) is 6.49. The predicted octanol–water partition coefficient (Wildman–Crippen LogP) is 1.87. The molecule has 4 nitrogen and oxygen atoms in total. The van der Waals surface area contributed by atoms with Crippen LogP contribution in [0.2, 0.25) is 0 Å². The summed E-state index contributed by atoms with van der Waals surface area (Å²) in [6.45, 7) is 3.24. The molecule has 0 unspecified atom stereocenters. The molecule has 0 spiro atoms. The second-order valence-corrected chi connectivity index (χ2v) is 4.95. The summed E-state index contributed by atoms with van der Waals surface area (Å²) in [4.78, 5) is 11.8. The Morgan fingerprint density at radius 2 is 2.26 bits per heavy atom. The molecule has 1 aliphatic rings. The number of benzene rings is 1. The molecule has 0 aromatic heterocycles. The van der Waals surface area contributed by atoms with Crippen molar-refractivity contribution in [2.24, 2.45) is 5.92 Å². The van der Waals surface area contributed by atoms with Crippen molar-refractivity contribution in [3.05, 3.63) is 29.1 Å². The topological polar surface area (TPSA) is 64.4 Å². The summed E-state index contributed by atoms with van der Waals surface area (Å²) >= 11 is 0. The van der Waals surface area contributed by atoms with Crippen LogP contribution in [0.15, 0.2) is 12.1 Å². The molecular weight excluding hydrogens is 247 g/mol. The maximum Gasteiger partial charge on any atom is 0.251 e. The highest BCUT2D eigenvalue weighted by atomic mass is 19.1. The molecule has 2 rings (SSSR count). The minimum absolute atomic E-state index is 0.239. The number of nitrogen functional groups attached to an aromatic ring is 1. The number of halogens is 1. The Kier molecular flexibility index (Phi) is 4.37. The van der Waals surface area contributed by atoms with Gasteiger partial charge in [0.25, 0.3) is 5.91 Å². The smallest absolute Gasteiger partial charge is 0.251 e. The maximum absolute atomic E-state index is 13.5. The molecule has 0 aliphatic heterocycles. The van der Waals surface area contributed by atoms with Crippen LogP contribution < -0.4 is 11.1 Å². The monoisotopic (exact) mass is 266 g/mol. The number of carbonyl (C=O) groups excluding carboxylic acids is 1. The van der Waals surface area contributed by atoms with Crippen LogP contribution in [0.3, 0.4) is 0 Å². The van der Waals surface area contributed by atoms with Crippen LogP contribution in [0.5, 0.6) is 0 Å². The van der Waals surface area contributed by atoms with E-state index in [4.69, 9.17) is 10.5 Å². The van der Waals surface area contributed by atoms with Crippen LogP contribution in [0.25, 0.3) is 0 Å². The second kappa shape index (κ2) is 6.02. The van der Waals surface area contributed by atoms with Gasteiger partial charge in [-0.05, 0) is 37.8 Å². The Bertz CT molecular complexity index is 450. The molecule has 3 N–H and O–H groups in total. The van der Waals surface area contributed by atoms with Gasteiger partial charge in [0.2, 0.25) is 0 Å². The molecule has 0 radical (unpaired) electrons. The van der Waals surface area contributed by atoms with Gasteiger partial charge in [-0.25, -0.2) is 4.39 Å². The number of nitrogens with one attached hydrogen (secondary N) is 1. The van der Waals surface area contributed by atoms with Gasteiger partial charge in [-0.1, -0.05) is 0 Å². The summed E-state index contributed by atoms with van der Waals surface area (Å²) in [5.41, 5.74) is 6.52. The van der Waals surface area contributed by atoms with E-state index in [0.717, 1.165) is 6.61 Å². The highest BCUT2D eigenvalue weighted by molar-refractivity contribution is 5.95. The molecular formula is C14H19FN2O2. The summed E-state index contributed by atoms with van der Waals surface area (Å²) in [5.74, 6) is -0.0857. The fourth-order valence-electron chi connectivity index (χ4n) is 1.70. The standard InChI is InChI=1S/C14H19FN2O2/c1-9-12(15)6-11(7-13(9)16)14(18)17-4-5-19-8-10-2-3-10/h6-7,10H,2-5,8,16H2,1H3,(H,17,18). The molecule has 0 bridgehead atoms.